The Balaban J connectivity index is 0. The number of aliphatic carboxylic acids is 1. The molecule has 0 amide bonds. The first-order valence-corrected chi connectivity index (χ1v) is 4.36. The fourth-order valence-electron chi connectivity index (χ4n) is 1.03. The van der Waals surface area contributed by atoms with Crippen molar-refractivity contribution >= 4 is 5.97 Å². The molecule has 0 aromatic rings. The van der Waals surface area contributed by atoms with Crippen molar-refractivity contribution in [3.05, 3.63) is 0 Å². The minimum absolute atomic E-state index is 0. The number of aliphatic hydroxyl groups is 5. The molecule has 5 unspecified atom stereocenters. The molecule has 5 atom stereocenters. The number of hydrogen-bond donors (Lipinski definition) is 5. The Morgan fingerprint density at radius 2 is 1.62 bits per heavy atom. The second-order valence-electron chi connectivity index (χ2n) is 3.35. The number of aliphatic hydroxyl groups excluding tert-OH is 5. The van der Waals surface area contributed by atoms with Crippen molar-refractivity contribution in [2.45, 2.75) is 31.3 Å². The van der Waals surface area contributed by atoms with E-state index >= 15 is 0 Å². The largest absolute Gasteiger partial charge is 1.00 e. The Morgan fingerprint density at radius 3 is 1.94 bits per heavy atom. The Morgan fingerprint density at radius 1 is 1.19 bits per heavy atom. The molecule has 0 fully saturated rings. The first-order chi connectivity index (χ1) is 6.82. The number of carboxylic acids is 1. The first-order valence-electron chi connectivity index (χ1n) is 4.36. The molecule has 5 N–H and O–H groups in total. The van der Waals surface area contributed by atoms with E-state index in [1.54, 1.807) is 0 Å². The standard InChI is InChI=1S/C8H16O7.Na/c1-3(4(10)2-9)5(11)6(12)7(13)8(14)15;/h3-7,9-13H,2H2,1H3,(H,14,15);/q;+1/p-1. The Hall–Kier alpha value is 0.270. The molecule has 0 spiro atoms. The summed E-state index contributed by atoms with van der Waals surface area (Å²) in [5.74, 6) is -2.91. The van der Waals surface area contributed by atoms with Crippen LogP contribution in [0.3, 0.4) is 0 Å². The van der Waals surface area contributed by atoms with Crippen LogP contribution in [0.4, 0.5) is 0 Å². The number of hydrogen-bond acceptors (Lipinski definition) is 7. The zero-order valence-electron chi connectivity index (χ0n) is 9.15. The molecule has 90 valence electrons. The van der Waals surface area contributed by atoms with Crippen LogP contribution in [0.15, 0.2) is 0 Å². The van der Waals surface area contributed by atoms with E-state index in [1.165, 1.54) is 6.92 Å². The van der Waals surface area contributed by atoms with Gasteiger partial charge in [-0.25, -0.2) is 0 Å². The van der Waals surface area contributed by atoms with Crippen molar-refractivity contribution in [2.24, 2.45) is 5.92 Å². The SMILES string of the molecule is CC(C(O)CO)C(O)C(O)C(O)C(=O)[O-].[Na+]. The summed E-state index contributed by atoms with van der Waals surface area (Å²) in [6, 6.07) is 0. The van der Waals surface area contributed by atoms with E-state index in [-0.39, 0.29) is 29.6 Å². The summed E-state index contributed by atoms with van der Waals surface area (Å²) in [7, 11) is 0. The monoisotopic (exact) mass is 246 g/mol. The van der Waals surface area contributed by atoms with Crippen molar-refractivity contribution in [1.82, 2.24) is 0 Å². The zero-order chi connectivity index (χ0) is 12.2. The van der Waals surface area contributed by atoms with Crippen LogP contribution < -0.4 is 34.7 Å². The predicted octanol–water partition coefficient (Wildman–Crippen LogP) is -7.19. The first kappa shape index (κ1) is 18.6. The number of rotatable bonds is 6. The summed E-state index contributed by atoms with van der Waals surface area (Å²) >= 11 is 0. The van der Waals surface area contributed by atoms with Gasteiger partial charge in [0.2, 0.25) is 0 Å². The Labute approximate surface area is 115 Å². The Kier molecular flexibility index (Phi) is 9.75. The minimum atomic E-state index is -2.24. The molecule has 0 aromatic heterocycles. The molecule has 0 saturated carbocycles. The van der Waals surface area contributed by atoms with Crippen LogP contribution in [0.2, 0.25) is 0 Å². The normalized spacial score (nSPS) is 20.1. The molecule has 0 aliphatic carbocycles. The topological polar surface area (TPSA) is 141 Å². The van der Waals surface area contributed by atoms with E-state index in [9.17, 15) is 15.0 Å². The molecule has 0 saturated heterocycles. The third kappa shape index (κ3) is 5.07. The van der Waals surface area contributed by atoms with Gasteiger partial charge >= 0.3 is 29.6 Å². The van der Waals surface area contributed by atoms with Crippen LogP contribution in [-0.4, -0.2) is 62.5 Å². The van der Waals surface area contributed by atoms with Gasteiger partial charge in [-0.2, -0.15) is 0 Å². The molecule has 0 aliphatic heterocycles. The molecule has 8 heteroatoms. The van der Waals surface area contributed by atoms with Crippen LogP contribution in [0.5, 0.6) is 0 Å². The maximum atomic E-state index is 10.2. The van der Waals surface area contributed by atoms with Crippen LogP contribution in [-0.2, 0) is 4.79 Å². The van der Waals surface area contributed by atoms with Crippen LogP contribution in [0.25, 0.3) is 0 Å². The molecule has 0 bridgehead atoms. The van der Waals surface area contributed by atoms with E-state index in [2.05, 4.69) is 0 Å². The summed E-state index contributed by atoms with van der Waals surface area (Å²) in [5, 5.41) is 55.2. The number of carbonyl (C=O) groups is 1. The average Bonchev–Trinajstić information content (AvgIpc) is 2.23. The summed E-state index contributed by atoms with van der Waals surface area (Å²) in [5.41, 5.74) is 0. The van der Waals surface area contributed by atoms with Crippen LogP contribution in [0.1, 0.15) is 6.92 Å². The molecule has 0 radical (unpaired) electrons. The summed E-state index contributed by atoms with van der Waals surface area (Å²) in [6.45, 7) is 0.642. The van der Waals surface area contributed by atoms with Crippen molar-refractivity contribution in [3.8, 4) is 0 Å². The quantitative estimate of drug-likeness (QED) is 0.293. The van der Waals surface area contributed by atoms with E-state index in [0.717, 1.165) is 0 Å². The third-order valence-corrected chi connectivity index (χ3v) is 2.25. The predicted molar refractivity (Wildman–Crippen MR) is 45.3 cm³/mol. The van der Waals surface area contributed by atoms with Crippen molar-refractivity contribution in [2.75, 3.05) is 6.61 Å². The van der Waals surface area contributed by atoms with Gasteiger partial charge in [0.1, 0.15) is 12.2 Å². The van der Waals surface area contributed by atoms with Crippen molar-refractivity contribution in [3.63, 3.8) is 0 Å². The van der Waals surface area contributed by atoms with Gasteiger partial charge in [-0.1, -0.05) is 6.92 Å². The van der Waals surface area contributed by atoms with E-state index in [1.807, 2.05) is 0 Å². The van der Waals surface area contributed by atoms with Gasteiger partial charge in [0.05, 0.1) is 24.8 Å². The van der Waals surface area contributed by atoms with Crippen molar-refractivity contribution in [1.29, 1.82) is 0 Å². The maximum Gasteiger partial charge on any atom is 1.00 e. The van der Waals surface area contributed by atoms with Gasteiger partial charge in [0, 0.05) is 5.92 Å². The van der Waals surface area contributed by atoms with Gasteiger partial charge in [-0.3, -0.25) is 0 Å². The summed E-state index contributed by atoms with van der Waals surface area (Å²) in [4.78, 5) is 10.2. The molecule has 0 rings (SSSR count). The van der Waals surface area contributed by atoms with Crippen molar-refractivity contribution < 1.29 is 65.0 Å². The van der Waals surface area contributed by atoms with Gasteiger partial charge in [-0.05, 0) is 0 Å². The average molecular weight is 246 g/mol. The molecule has 16 heavy (non-hydrogen) atoms. The second kappa shape index (κ2) is 8.37. The minimum Gasteiger partial charge on any atom is -0.547 e. The van der Waals surface area contributed by atoms with Gasteiger partial charge in [0.25, 0.3) is 0 Å². The van der Waals surface area contributed by atoms with E-state index < -0.39 is 42.9 Å². The summed E-state index contributed by atoms with van der Waals surface area (Å²) < 4.78 is 0. The van der Waals surface area contributed by atoms with E-state index in [4.69, 9.17) is 20.4 Å². The molecule has 7 nitrogen and oxygen atoms in total. The Bertz CT molecular complexity index is 213. The fourth-order valence-corrected chi connectivity index (χ4v) is 1.03. The second-order valence-corrected chi connectivity index (χ2v) is 3.35. The summed E-state index contributed by atoms with van der Waals surface area (Å²) in [6.07, 6.45) is -7.22. The fraction of sp³-hybridized carbons (Fsp3) is 0.875. The maximum absolute atomic E-state index is 10.2. The van der Waals surface area contributed by atoms with Gasteiger partial charge in [0.15, 0.2) is 0 Å². The number of carbonyl (C=O) groups excluding carboxylic acids is 1. The number of carboxylic acid groups (broad SMARTS) is 1. The molecular weight excluding hydrogens is 231 g/mol. The van der Waals surface area contributed by atoms with Gasteiger partial charge in [-0.15, -0.1) is 0 Å². The smallest absolute Gasteiger partial charge is 0.547 e. The van der Waals surface area contributed by atoms with Crippen LogP contribution in [0, 0.1) is 5.92 Å². The third-order valence-electron chi connectivity index (χ3n) is 2.25. The molecule has 0 aliphatic rings. The molecule has 0 heterocycles. The molecular formula is C8H15NaO7. The van der Waals surface area contributed by atoms with Gasteiger partial charge < -0.3 is 35.4 Å². The zero-order valence-corrected chi connectivity index (χ0v) is 11.1. The van der Waals surface area contributed by atoms with Crippen LogP contribution >= 0.6 is 0 Å². The van der Waals surface area contributed by atoms with E-state index in [0.29, 0.717) is 0 Å². The molecule has 0 aromatic carbocycles.